The largest absolute Gasteiger partial charge is 0.468 e. The molecule has 3 aromatic heterocycles. The second kappa shape index (κ2) is 7.72. The minimum Gasteiger partial charge on any atom is -0.468 e. The van der Waals surface area contributed by atoms with Gasteiger partial charge in [-0.15, -0.1) is 10.2 Å². The number of rotatable bonds is 7. The van der Waals surface area contributed by atoms with Crippen molar-refractivity contribution in [2.45, 2.75) is 19.6 Å². The van der Waals surface area contributed by atoms with Gasteiger partial charge in [-0.25, -0.2) is 0 Å². The van der Waals surface area contributed by atoms with Crippen LogP contribution in [0.4, 0.5) is 0 Å². The molecule has 7 heteroatoms. The lowest BCUT2D eigenvalue weighted by Crippen LogP contribution is -2.22. The Morgan fingerprint density at radius 1 is 0.846 bits per heavy atom. The maximum absolute atomic E-state index is 5.85. The van der Waals surface area contributed by atoms with Gasteiger partial charge < -0.3 is 13.3 Å². The van der Waals surface area contributed by atoms with Gasteiger partial charge in [0, 0.05) is 10.0 Å². The van der Waals surface area contributed by atoms with Crippen LogP contribution in [0.3, 0.4) is 0 Å². The van der Waals surface area contributed by atoms with Gasteiger partial charge in [-0.2, -0.15) is 0 Å². The van der Waals surface area contributed by atoms with Crippen molar-refractivity contribution in [3.05, 3.63) is 82.9 Å². The van der Waals surface area contributed by atoms with E-state index in [1.807, 2.05) is 48.5 Å². The Morgan fingerprint density at radius 3 is 2.19 bits per heavy atom. The molecule has 0 bridgehead atoms. The summed E-state index contributed by atoms with van der Waals surface area (Å²) in [6.45, 7) is 1.72. The monoisotopic (exact) mass is 413 g/mol. The average molecular weight is 414 g/mol. The fourth-order valence-corrected chi connectivity index (χ4v) is 3.06. The van der Waals surface area contributed by atoms with Gasteiger partial charge >= 0.3 is 0 Å². The Balaban J connectivity index is 1.51. The Labute approximate surface area is 158 Å². The van der Waals surface area contributed by atoms with Gasteiger partial charge in [0.15, 0.2) is 0 Å². The molecule has 132 valence electrons. The van der Waals surface area contributed by atoms with Crippen LogP contribution in [0.1, 0.15) is 17.4 Å². The highest BCUT2D eigenvalue weighted by molar-refractivity contribution is 9.10. The molecule has 0 saturated carbocycles. The van der Waals surface area contributed by atoms with Gasteiger partial charge in [-0.3, -0.25) is 4.90 Å². The third kappa shape index (κ3) is 4.12. The van der Waals surface area contributed by atoms with Crippen molar-refractivity contribution in [3.8, 4) is 11.5 Å². The smallest absolute Gasteiger partial charge is 0.247 e. The third-order valence-electron chi connectivity index (χ3n) is 3.82. The fraction of sp³-hybridized carbons (Fsp3) is 0.158. The Bertz CT molecular complexity index is 912. The average Bonchev–Trinajstić information content (AvgIpc) is 3.37. The van der Waals surface area contributed by atoms with E-state index in [2.05, 4.69) is 31.0 Å². The van der Waals surface area contributed by atoms with Crippen molar-refractivity contribution < 1.29 is 13.3 Å². The minimum atomic E-state index is 0.488. The predicted octanol–water partition coefficient (Wildman–Crippen LogP) is 4.89. The SMILES string of the molecule is Brc1cccc(-c2nnc(CN(Cc3ccco3)Cc3ccco3)o2)c1. The molecule has 0 aliphatic rings. The van der Waals surface area contributed by atoms with E-state index in [0.717, 1.165) is 21.6 Å². The van der Waals surface area contributed by atoms with E-state index < -0.39 is 0 Å². The number of nitrogens with zero attached hydrogens (tertiary/aromatic N) is 3. The Morgan fingerprint density at radius 2 is 1.58 bits per heavy atom. The summed E-state index contributed by atoms with van der Waals surface area (Å²) in [4.78, 5) is 2.12. The van der Waals surface area contributed by atoms with Crippen LogP contribution >= 0.6 is 15.9 Å². The highest BCUT2D eigenvalue weighted by Crippen LogP contribution is 2.23. The van der Waals surface area contributed by atoms with E-state index in [0.29, 0.717) is 31.4 Å². The van der Waals surface area contributed by atoms with E-state index in [4.69, 9.17) is 13.3 Å². The van der Waals surface area contributed by atoms with Crippen molar-refractivity contribution in [2.75, 3.05) is 0 Å². The number of hydrogen-bond donors (Lipinski definition) is 0. The molecule has 3 heterocycles. The molecule has 26 heavy (non-hydrogen) atoms. The normalized spacial score (nSPS) is 11.3. The number of aromatic nitrogens is 2. The van der Waals surface area contributed by atoms with Gasteiger partial charge in [0.05, 0.1) is 32.2 Å². The summed E-state index contributed by atoms with van der Waals surface area (Å²) in [6, 6.07) is 15.4. The summed E-state index contributed by atoms with van der Waals surface area (Å²) in [5, 5.41) is 8.35. The van der Waals surface area contributed by atoms with E-state index in [1.54, 1.807) is 12.5 Å². The van der Waals surface area contributed by atoms with Crippen LogP contribution in [0.2, 0.25) is 0 Å². The maximum Gasteiger partial charge on any atom is 0.247 e. The molecule has 4 rings (SSSR count). The molecular formula is C19H16BrN3O3. The van der Waals surface area contributed by atoms with Crippen LogP contribution in [0.25, 0.3) is 11.5 Å². The highest BCUT2D eigenvalue weighted by atomic mass is 79.9. The maximum atomic E-state index is 5.85. The zero-order chi connectivity index (χ0) is 17.8. The molecule has 0 N–H and O–H groups in total. The van der Waals surface area contributed by atoms with Gasteiger partial charge in [0.25, 0.3) is 0 Å². The lowest BCUT2D eigenvalue weighted by atomic mass is 10.2. The Kier molecular flexibility index (Phi) is 4.99. The van der Waals surface area contributed by atoms with Crippen LogP contribution < -0.4 is 0 Å². The molecule has 0 unspecified atom stereocenters. The number of furan rings is 2. The lowest BCUT2D eigenvalue weighted by Gasteiger charge is -2.17. The number of hydrogen-bond acceptors (Lipinski definition) is 6. The van der Waals surface area contributed by atoms with E-state index >= 15 is 0 Å². The van der Waals surface area contributed by atoms with E-state index in [9.17, 15) is 0 Å². The molecule has 0 amide bonds. The first-order valence-electron chi connectivity index (χ1n) is 8.12. The minimum absolute atomic E-state index is 0.488. The van der Waals surface area contributed by atoms with Crippen molar-refractivity contribution in [2.24, 2.45) is 0 Å². The highest BCUT2D eigenvalue weighted by Gasteiger charge is 2.16. The second-order valence-electron chi connectivity index (χ2n) is 5.82. The summed E-state index contributed by atoms with van der Waals surface area (Å²) >= 11 is 3.45. The molecule has 0 atom stereocenters. The molecule has 0 spiro atoms. The zero-order valence-electron chi connectivity index (χ0n) is 13.8. The first kappa shape index (κ1) is 16.8. The van der Waals surface area contributed by atoms with E-state index in [-0.39, 0.29) is 0 Å². The van der Waals surface area contributed by atoms with Crippen molar-refractivity contribution >= 4 is 15.9 Å². The van der Waals surface area contributed by atoms with Gasteiger partial charge in [-0.1, -0.05) is 22.0 Å². The molecular weight excluding hydrogens is 398 g/mol. The van der Waals surface area contributed by atoms with Crippen LogP contribution in [-0.2, 0) is 19.6 Å². The molecule has 0 aliphatic carbocycles. The molecule has 0 radical (unpaired) electrons. The van der Waals surface area contributed by atoms with Crippen LogP contribution in [-0.4, -0.2) is 15.1 Å². The predicted molar refractivity (Wildman–Crippen MR) is 97.8 cm³/mol. The standard InChI is InChI=1S/C19H16BrN3O3/c20-15-5-1-4-14(10-15)19-22-21-18(26-19)13-23(11-16-6-2-8-24-16)12-17-7-3-9-25-17/h1-10H,11-13H2. The second-order valence-corrected chi connectivity index (χ2v) is 6.73. The molecule has 0 aliphatic heterocycles. The fourth-order valence-electron chi connectivity index (χ4n) is 2.66. The van der Waals surface area contributed by atoms with Crippen LogP contribution in [0.5, 0.6) is 0 Å². The first-order valence-corrected chi connectivity index (χ1v) is 8.91. The van der Waals surface area contributed by atoms with E-state index in [1.165, 1.54) is 0 Å². The van der Waals surface area contributed by atoms with Crippen LogP contribution in [0.15, 0.2) is 78.8 Å². The molecule has 0 fully saturated rings. The summed E-state index contributed by atoms with van der Waals surface area (Å²) in [6.07, 6.45) is 3.33. The summed E-state index contributed by atoms with van der Waals surface area (Å²) < 4.78 is 17.7. The molecule has 6 nitrogen and oxygen atoms in total. The lowest BCUT2D eigenvalue weighted by molar-refractivity contribution is 0.191. The molecule has 4 aromatic rings. The number of halogens is 1. The summed E-state index contributed by atoms with van der Waals surface area (Å²) in [5.74, 6) is 2.77. The van der Waals surface area contributed by atoms with Gasteiger partial charge in [0.2, 0.25) is 11.8 Å². The van der Waals surface area contributed by atoms with Crippen molar-refractivity contribution in [1.82, 2.24) is 15.1 Å². The van der Waals surface area contributed by atoms with Crippen LogP contribution in [0, 0.1) is 0 Å². The first-order chi connectivity index (χ1) is 12.8. The Hall–Kier alpha value is -2.64. The van der Waals surface area contributed by atoms with Gasteiger partial charge in [-0.05, 0) is 42.5 Å². The summed E-state index contributed by atoms with van der Waals surface area (Å²) in [5.41, 5.74) is 0.877. The molecule has 0 saturated heterocycles. The third-order valence-corrected chi connectivity index (χ3v) is 4.31. The van der Waals surface area contributed by atoms with Crippen molar-refractivity contribution in [3.63, 3.8) is 0 Å². The number of benzene rings is 1. The molecule has 1 aromatic carbocycles. The quantitative estimate of drug-likeness (QED) is 0.429. The summed E-state index contributed by atoms with van der Waals surface area (Å²) in [7, 11) is 0. The van der Waals surface area contributed by atoms with Gasteiger partial charge in [0.1, 0.15) is 11.5 Å². The topological polar surface area (TPSA) is 68.4 Å². The van der Waals surface area contributed by atoms with Crippen molar-refractivity contribution in [1.29, 1.82) is 0 Å². The zero-order valence-corrected chi connectivity index (χ0v) is 15.4.